The number of hydrogen-bond acceptors (Lipinski definition) is 5. The second-order valence-corrected chi connectivity index (χ2v) is 7.82. The van der Waals surface area contributed by atoms with Crippen LogP contribution >= 0.6 is 11.8 Å². The van der Waals surface area contributed by atoms with Crippen LogP contribution in [-0.2, 0) is 10.9 Å². The molecule has 10 heteroatoms. The first-order valence-corrected chi connectivity index (χ1v) is 10.0. The largest absolute Gasteiger partial charge is 0.490 e. The van der Waals surface area contributed by atoms with Gasteiger partial charge in [0.1, 0.15) is 5.82 Å². The maximum absolute atomic E-state index is 14.6. The van der Waals surface area contributed by atoms with E-state index in [4.69, 9.17) is 19.8 Å². The minimum Gasteiger partial charge on any atom is -0.490 e. The van der Waals surface area contributed by atoms with Crippen molar-refractivity contribution in [1.82, 2.24) is 0 Å². The van der Waals surface area contributed by atoms with E-state index in [9.17, 15) is 22.0 Å². The highest BCUT2D eigenvalue weighted by atomic mass is 32.2. The molecule has 3 rings (SSSR count). The second kappa shape index (κ2) is 10.8. The predicted octanol–water partition coefficient (Wildman–Crippen LogP) is 5.36. The third kappa shape index (κ3) is 5.87. The fourth-order valence-corrected chi connectivity index (χ4v) is 4.60. The Hall–Kier alpha value is -2.35. The molecule has 1 N–H and O–H groups in total. The van der Waals surface area contributed by atoms with Crippen LogP contribution < -0.4 is 4.74 Å². The van der Waals surface area contributed by atoms with Crippen molar-refractivity contribution in [3.63, 3.8) is 0 Å². The molecule has 0 amide bonds. The molecule has 168 valence electrons. The van der Waals surface area contributed by atoms with Crippen LogP contribution in [0.4, 0.5) is 22.0 Å². The van der Waals surface area contributed by atoms with Gasteiger partial charge >= 0.3 is 6.18 Å². The molecule has 1 unspecified atom stereocenters. The zero-order chi connectivity index (χ0) is 23.2. The minimum absolute atomic E-state index is 0.0191. The van der Waals surface area contributed by atoms with E-state index in [1.807, 2.05) is 0 Å². The van der Waals surface area contributed by atoms with Gasteiger partial charge in [-0.25, -0.2) is 14.0 Å². The highest BCUT2D eigenvalue weighted by Crippen LogP contribution is 2.50. The maximum atomic E-state index is 14.6. The van der Waals surface area contributed by atoms with E-state index in [1.54, 1.807) is 6.92 Å². The first kappa shape index (κ1) is 24.9. The van der Waals surface area contributed by atoms with Crippen LogP contribution in [0.2, 0.25) is 0 Å². The monoisotopic (exact) mass is 461 g/mol. The fraction of sp³-hybridized carbons (Fsp3) is 0.381. The van der Waals surface area contributed by atoms with Crippen LogP contribution in [0.3, 0.4) is 0 Å². The Balaban J connectivity index is 0.00000166. The summed E-state index contributed by atoms with van der Waals surface area (Å²) in [4.78, 5) is 0.471. The Morgan fingerprint density at radius 2 is 1.77 bits per heavy atom. The summed E-state index contributed by atoms with van der Waals surface area (Å²) >= 11 is 1.12. The molecule has 4 nitrogen and oxygen atoms in total. The first-order chi connectivity index (χ1) is 14.7. The number of hydrogen-bond donors (Lipinski definition) is 1. The highest BCUT2D eigenvalue weighted by Gasteiger charge is 2.39. The number of aliphatic hydroxyl groups excluding tert-OH is 1. The summed E-state index contributed by atoms with van der Waals surface area (Å²) in [6.07, 6.45) is -4.93. The third-order valence-corrected chi connectivity index (χ3v) is 6.09. The van der Waals surface area contributed by atoms with E-state index in [0.717, 1.165) is 36.0 Å². The van der Waals surface area contributed by atoms with Gasteiger partial charge in [-0.3, -0.25) is 0 Å². The molecule has 31 heavy (non-hydrogen) atoms. The normalized spacial score (nSPS) is 18.9. The van der Waals surface area contributed by atoms with Gasteiger partial charge in [-0.05, 0) is 43.3 Å². The van der Waals surface area contributed by atoms with Crippen LogP contribution in [-0.4, -0.2) is 31.0 Å². The van der Waals surface area contributed by atoms with Gasteiger partial charge in [-0.1, -0.05) is 0 Å². The van der Waals surface area contributed by atoms with Crippen molar-refractivity contribution in [1.29, 1.82) is 5.26 Å². The summed E-state index contributed by atoms with van der Waals surface area (Å²) in [5.41, 5.74) is -0.770. The number of ether oxygens (including phenoxy) is 2. The van der Waals surface area contributed by atoms with E-state index in [-0.39, 0.29) is 31.1 Å². The van der Waals surface area contributed by atoms with Gasteiger partial charge in [0.05, 0.1) is 31.5 Å². The van der Waals surface area contributed by atoms with Crippen molar-refractivity contribution < 1.29 is 36.5 Å². The molecule has 0 spiro atoms. The van der Waals surface area contributed by atoms with Crippen LogP contribution in [0.5, 0.6) is 5.75 Å². The average molecular weight is 461 g/mol. The number of alkyl halides is 3. The van der Waals surface area contributed by atoms with Crippen molar-refractivity contribution in [2.45, 2.75) is 29.3 Å². The smallest absolute Gasteiger partial charge is 0.416 e. The predicted molar refractivity (Wildman–Crippen MR) is 105 cm³/mol. The number of fused-ring (bicyclic) bond motifs is 1. The Bertz CT molecular complexity index is 889. The van der Waals surface area contributed by atoms with Gasteiger partial charge in [0.2, 0.25) is 0 Å². The molecule has 1 aliphatic rings. The van der Waals surface area contributed by atoms with E-state index in [0.29, 0.717) is 4.90 Å². The summed E-state index contributed by atoms with van der Waals surface area (Å²) in [7, 11) is 0. The van der Waals surface area contributed by atoms with Gasteiger partial charge in [0.15, 0.2) is 11.6 Å². The average Bonchev–Trinajstić information content (AvgIpc) is 2.75. The standard InChI is InChI=1S/C20H19F5O3S.CHN/c1-11(27-9-8-26)14-10-28-18-16(22)7-6-15(21)17(18)19(14)29-13-4-2-12(3-5-13)20(23,24)25;1-2/h2-7,11,14,19,26H,8-10H2,1H3;1H/t11-,14?,19+;/m1./s1. The SMILES string of the molecule is C#N.C[C@@H](OCCO)C1COc2c(F)ccc(F)c2[C@H]1Sc1ccc(C(F)(F)F)cc1. The zero-order valence-electron chi connectivity index (χ0n) is 16.4. The Morgan fingerprint density at radius 3 is 2.35 bits per heavy atom. The molecule has 0 radical (unpaired) electrons. The van der Waals surface area contributed by atoms with E-state index in [1.165, 1.54) is 12.1 Å². The molecule has 0 saturated carbocycles. The number of nitriles is 1. The number of benzene rings is 2. The summed E-state index contributed by atoms with van der Waals surface area (Å²) in [5.74, 6) is -1.98. The lowest BCUT2D eigenvalue weighted by atomic mass is 9.91. The topological polar surface area (TPSA) is 62.5 Å². The van der Waals surface area contributed by atoms with E-state index in [2.05, 4.69) is 6.57 Å². The molecule has 2 aromatic rings. The van der Waals surface area contributed by atoms with Crippen LogP contribution in [0, 0.1) is 29.4 Å². The summed E-state index contributed by atoms with van der Waals surface area (Å²) in [5, 5.41) is 14.8. The van der Waals surface area contributed by atoms with Crippen molar-refractivity contribution in [3.05, 3.63) is 59.2 Å². The van der Waals surface area contributed by atoms with Crippen molar-refractivity contribution in [2.75, 3.05) is 19.8 Å². The van der Waals surface area contributed by atoms with Gasteiger partial charge in [-0.2, -0.15) is 13.2 Å². The molecule has 3 atom stereocenters. The molecule has 1 aliphatic heterocycles. The fourth-order valence-electron chi connectivity index (χ4n) is 3.20. The number of nitrogens with zero attached hydrogens (tertiary/aromatic N) is 1. The van der Waals surface area contributed by atoms with Gasteiger partial charge in [0.25, 0.3) is 0 Å². The molecule has 0 aliphatic carbocycles. The van der Waals surface area contributed by atoms with E-state index < -0.39 is 40.6 Å². The second-order valence-electron chi connectivity index (χ2n) is 6.61. The van der Waals surface area contributed by atoms with Crippen LogP contribution in [0.15, 0.2) is 41.3 Å². The summed E-state index contributed by atoms with van der Waals surface area (Å²) < 4.78 is 78.2. The Morgan fingerprint density at radius 1 is 1.16 bits per heavy atom. The zero-order valence-corrected chi connectivity index (χ0v) is 17.2. The summed E-state index contributed by atoms with van der Waals surface area (Å²) in [6, 6.07) is 6.47. The van der Waals surface area contributed by atoms with Crippen LogP contribution in [0.25, 0.3) is 0 Å². The number of rotatable bonds is 6. The van der Waals surface area contributed by atoms with Gasteiger partial charge in [0, 0.05) is 28.2 Å². The van der Waals surface area contributed by atoms with E-state index >= 15 is 0 Å². The summed E-state index contributed by atoms with van der Waals surface area (Å²) in [6.45, 7) is 5.13. The third-order valence-electron chi connectivity index (χ3n) is 4.71. The molecule has 0 fully saturated rings. The minimum atomic E-state index is -4.46. The lowest BCUT2D eigenvalue weighted by molar-refractivity contribution is -0.137. The first-order valence-electron chi connectivity index (χ1n) is 9.15. The number of halogens is 5. The molecular weight excluding hydrogens is 441 g/mol. The number of aliphatic hydroxyl groups is 1. The molecule has 1 heterocycles. The lowest BCUT2D eigenvalue weighted by Gasteiger charge is -2.36. The molecule has 2 aromatic carbocycles. The van der Waals surface area contributed by atoms with Gasteiger partial charge in [-0.15, -0.1) is 11.8 Å². The number of thioether (sulfide) groups is 1. The van der Waals surface area contributed by atoms with Crippen molar-refractivity contribution >= 4 is 11.8 Å². The Kier molecular flexibility index (Phi) is 8.68. The quantitative estimate of drug-likeness (QED) is 0.587. The highest BCUT2D eigenvalue weighted by molar-refractivity contribution is 7.99. The van der Waals surface area contributed by atoms with Crippen molar-refractivity contribution in [3.8, 4) is 12.3 Å². The molecule has 0 bridgehead atoms. The van der Waals surface area contributed by atoms with Crippen molar-refractivity contribution in [2.24, 2.45) is 5.92 Å². The lowest BCUT2D eigenvalue weighted by Crippen LogP contribution is -2.35. The van der Waals surface area contributed by atoms with Crippen LogP contribution in [0.1, 0.15) is 23.3 Å². The Labute approximate surface area is 180 Å². The molecule has 0 saturated heterocycles. The molecule has 0 aromatic heterocycles. The van der Waals surface area contributed by atoms with Gasteiger partial charge < -0.3 is 14.6 Å². The molecular formula is C21H20F5NO3S. The maximum Gasteiger partial charge on any atom is 0.416 e.